The van der Waals surface area contributed by atoms with Gasteiger partial charge in [-0.15, -0.1) is 0 Å². The van der Waals surface area contributed by atoms with Crippen molar-refractivity contribution >= 4 is 0 Å². The van der Waals surface area contributed by atoms with Crippen LogP contribution in [0.3, 0.4) is 0 Å². The fourth-order valence-electron chi connectivity index (χ4n) is 2.39. The van der Waals surface area contributed by atoms with Crippen LogP contribution < -0.4 is 5.32 Å². The first-order valence-corrected chi connectivity index (χ1v) is 7.69. The Hall–Kier alpha value is -0.900. The zero-order valence-electron chi connectivity index (χ0n) is 13.4. The van der Waals surface area contributed by atoms with E-state index in [0.29, 0.717) is 6.04 Å². The van der Waals surface area contributed by atoms with Crippen molar-refractivity contribution in [3.8, 4) is 0 Å². The van der Waals surface area contributed by atoms with Crippen LogP contribution in [0.5, 0.6) is 0 Å². The summed E-state index contributed by atoms with van der Waals surface area (Å²) in [4.78, 5) is 2.30. The van der Waals surface area contributed by atoms with Gasteiger partial charge in [0.05, 0.1) is 6.10 Å². The fraction of sp³-hybridized carbons (Fsp3) is 0.647. The largest absolute Gasteiger partial charge is 0.393 e. The van der Waals surface area contributed by atoms with Crippen molar-refractivity contribution in [3.05, 3.63) is 35.4 Å². The molecule has 1 aromatic carbocycles. The molecule has 2 unspecified atom stereocenters. The quantitative estimate of drug-likeness (QED) is 0.729. The van der Waals surface area contributed by atoms with E-state index in [9.17, 15) is 5.11 Å². The molecule has 0 aliphatic carbocycles. The molecule has 0 bridgehead atoms. The number of rotatable bonds is 9. The molecule has 114 valence electrons. The summed E-state index contributed by atoms with van der Waals surface area (Å²) in [5, 5.41) is 12.9. The summed E-state index contributed by atoms with van der Waals surface area (Å²) in [5.74, 6) is 0. The van der Waals surface area contributed by atoms with Gasteiger partial charge in [-0.3, -0.25) is 0 Å². The summed E-state index contributed by atoms with van der Waals surface area (Å²) in [5.41, 5.74) is 2.68. The second-order valence-corrected chi connectivity index (χ2v) is 5.75. The number of nitrogens with zero attached hydrogens (tertiary/aromatic N) is 1. The molecule has 0 amide bonds. The highest BCUT2D eigenvalue weighted by Crippen LogP contribution is 2.18. The molecule has 0 heterocycles. The first-order valence-electron chi connectivity index (χ1n) is 7.69. The third-order valence-corrected chi connectivity index (χ3v) is 3.62. The Labute approximate surface area is 124 Å². The smallest absolute Gasteiger partial charge is 0.0524 e. The third-order valence-electron chi connectivity index (χ3n) is 3.62. The van der Waals surface area contributed by atoms with Gasteiger partial charge in [0.1, 0.15) is 0 Å². The van der Waals surface area contributed by atoms with Gasteiger partial charge < -0.3 is 15.3 Å². The SMILES string of the molecule is CCNC(CCN(C)CCC(C)O)c1cccc(C)c1. The molecule has 3 nitrogen and oxygen atoms in total. The number of nitrogens with one attached hydrogen (secondary N) is 1. The fourth-order valence-corrected chi connectivity index (χ4v) is 2.39. The maximum atomic E-state index is 9.33. The normalized spacial score (nSPS) is 14.5. The number of hydrogen-bond acceptors (Lipinski definition) is 3. The molecule has 0 radical (unpaired) electrons. The zero-order chi connectivity index (χ0) is 15.0. The van der Waals surface area contributed by atoms with Crippen molar-refractivity contribution in [2.75, 3.05) is 26.7 Å². The molecule has 3 heteroatoms. The van der Waals surface area contributed by atoms with Crippen LogP contribution in [0, 0.1) is 6.92 Å². The van der Waals surface area contributed by atoms with E-state index in [0.717, 1.165) is 32.5 Å². The van der Waals surface area contributed by atoms with Crippen LogP contribution in [0.4, 0.5) is 0 Å². The summed E-state index contributed by atoms with van der Waals surface area (Å²) in [6, 6.07) is 9.15. The molecule has 1 aromatic rings. The number of aryl methyl sites for hydroxylation is 1. The Morgan fingerprint density at radius 3 is 2.55 bits per heavy atom. The van der Waals surface area contributed by atoms with Crippen LogP contribution in [-0.4, -0.2) is 42.8 Å². The molecule has 0 aliphatic heterocycles. The van der Waals surface area contributed by atoms with Crippen molar-refractivity contribution in [3.63, 3.8) is 0 Å². The van der Waals surface area contributed by atoms with E-state index in [1.165, 1.54) is 11.1 Å². The minimum absolute atomic E-state index is 0.209. The Morgan fingerprint density at radius 2 is 1.95 bits per heavy atom. The predicted octanol–water partition coefficient (Wildman–Crippen LogP) is 2.74. The molecule has 2 N–H and O–H groups in total. The lowest BCUT2D eigenvalue weighted by Gasteiger charge is -2.23. The number of benzene rings is 1. The maximum Gasteiger partial charge on any atom is 0.0524 e. The monoisotopic (exact) mass is 278 g/mol. The molecule has 0 spiro atoms. The highest BCUT2D eigenvalue weighted by atomic mass is 16.3. The molecule has 0 saturated carbocycles. The van der Waals surface area contributed by atoms with E-state index in [2.05, 4.69) is 55.4 Å². The highest BCUT2D eigenvalue weighted by molar-refractivity contribution is 5.25. The van der Waals surface area contributed by atoms with E-state index < -0.39 is 0 Å². The maximum absolute atomic E-state index is 9.33. The third kappa shape index (κ3) is 6.51. The summed E-state index contributed by atoms with van der Waals surface area (Å²) >= 11 is 0. The van der Waals surface area contributed by atoms with E-state index in [1.54, 1.807) is 0 Å². The van der Waals surface area contributed by atoms with Crippen molar-refractivity contribution < 1.29 is 5.11 Å². The van der Waals surface area contributed by atoms with Crippen LogP contribution in [0.15, 0.2) is 24.3 Å². The minimum atomic E-state index is -0.209. The van der Waals surface area contributed by atoms with Crippen molar-refractivity contribution in [1.82, 2.24) is 10.2 Å². The molecular weight excluding hydrogens is 248 g/mol. The summed E-state index contributed by atoms with van der Waals surface area (Å²) in [6.07, 6.45) is 1.72. The van der Waals surface area contributed by atoms with Gasteiger partial charge in [0.25, 0.3) is 0 Å². The number of aliphatic hydroxyl groups is 1. The lowest BCUT2D eigenvalue weighted by Crippen LogP contribution is -2.29. The Bertz CT molecular complexity index is 379. The molecule has 1 rings (SSSR count). The number of hydrogen-bond donors (Lipinski definition) is 2. The van der Waals surface area contributed by atoms with E-state index in [1.807, 2.05) is 6.92 Å². The van der Waals surface area contributed by atoms with Gasteiger partial charge >= 0.3 is 0 Å². The zero-order valence-corrected chi connectivity index (χ0v) is 13.4. The van der Waals surface area contributed by atoms with Crippen LogP contribution >= 0.6 is 0 Å². The van der Waals surface area contributed by atoms with Crippen molar-refractivity contribution in [2.24, 2.45) is 0 Å². The van der Waals surface area contributed by atoms with E-state index in [4.69, 9.17) is 0 Å². The Morgan fingerprint density at radius 1 is 1.25 bits per heavy atom. The van der Waals surface area contributed by atoms with Crippen molar-refractivity contribution in [1.29, 1.82) is 0 Å². The number of aliphatic hydroxyl groups excluding tert-OH is 1. The second kappa shape index (κ2) is 9.11. The van der Waals surface area contributed by atoms with Gasteiger partial charge in [0.15, 0.2) is 0 Å². The molecule has 0 aromatic heterocycles. The first-order chi connectivity index (χ1) is 9.52. The molecule has 20 heavy (non-hydrogen) atoms. The van der Waals surface area contributed by atoms with Gasteiger partial charge in [-0.05, 0) is 52.4 Å². The van der Waals surface area contributed by atoms with E-state index in [-0.39, 0.29) is 6.10 Å². The predicted molar refractivity (Wildman–Crippen MR) is 86.0 cm³/mol. The minimum Gasteiger partial charge on any atom is -0.393 e. The van der Waals surface area contributed by atoms with E-state index >= 15 is 0 Å². The average molecular weight is 278 g/mol. The van der Waals surface area contributed by atoms with Crippen molar-refractivity contribution in [2.45, 2.75) is 45.8 Å². The second-order valence-electron chi connectivity index (χ2n) is 5.75. The lowest BCUT2D eigenvalue weighted by molar-refractivity contribution is 0.163. The molecule has 2 atom stereocenters. The summed E-state index contributed by atoms with van der Waals surface area (Å²) in [7, 11) is 2.13. The molecular formula is C17H30N2O. The first kappa shape index (κ1) is 17.2. The highest BCUT2D eigenvalue weighted by Gasteiger charge is 2.11. The molecule has 0 aliphatic rings. The van der Waals surface area contributed by atoms with Gasteiger partial charge in [-0.25, -0.2) is 0 Å². The van der Waals surface area contributed by atoms with Gasteiger partial charge in [0, 0.05) is 12.6 Å². The van der Waals surface area contributed by atoms with Gasteiger partial charge in [0.2, 0.25) is 0 Å². The van der Waals surface area contributed by atoms with Crippen LogP contribution in [0.25, 0.3) is 0 Å². The summed E-state index contributed by atoms with van der Waals surface area (Å²) < 4.78 is 0. The van der Waals surface area contributed by atoms with Gasteiger partial charge in [-0.2, -0.15) is 0 Å². The average Bonchev–Trinajstić information content (AvgIpc) is 2.41. The summed E-state index contributed by atoms with van der Waals surface area (Å²) in [6.45, 7) is 9.11. The topological polar surface area (TPSA) is 35.5 Å². The standard InChI is InChI=1S/C17H30N2O/c1-5-18-17(16-8-6-7-14(2)13-16)10-12-19(4)11-9-15(3)20/h6-8,13,15,17-18,20H,5,9-12H2,1-4H3. The Kier molecular flexibility index (Phi) is 7.82. The lowest BCUT2D eigenvalue weighted by atomic mass is 10.0. The van der Waals surface area contributed by atoms with Gasteiger partial charge in [-0.1, -0.05) is 36.8 Å². The van der Waals surface area contributed by atoms with Crippen LogP contribution in [0.1, 0.15) is 43.9 Å². The Balaban J connectivity index is 2.51. The van der Waals surface area contributed by atoms with Crippen LogP contribution in [-0.2, 0) is 0 Å². The van der Waals surface area contributed by atoms with Crippen LogP contribution in [0.2, 0.25) is 0 Å². The molecule has 0 fully saturated rings. The molecule has 0 saturated heterocycles.